The predicted octanol–water partition coefficient (Wildman–Crippen LogP) is 0.547. The van der Waals surface area contributed by atoms with E-state index in [0.717, 1.165) is 18.2 Å². The van der Waals surface area contributed by atoms with Gasteiger partial charge < -0.3 is 16.2 Å². The smallest absolute Gasteiger partial charge is 0.128 e. The number of aliphatic hydroxyl groups excluding tert-OH is 1. The minimum absolute atomic E-state index is 0.0760. The van der Waals surface area contributed by atoms with E-state index in [1.54, 1.807) is 0 Å². The predicted molar refractivity (Wildman–Crippen MR) is 53.2 cm³/mol. The van der Waals surface area contributed by atoms with Crippen molar-refractivity contribution in [3.63, 3.8) is 0 Å². The lowest BCUT2D eigenvalue weighted by atomic mass is 10.1. The fourth-order valence-electron chi connectivity index (χ4n) is 1.34. The van der Waals surface area contributed by atoms with Crippen molar-refractivity contribution in [2.24, 2.45) is 5.73 Å². The lowest BCUT2D eigenvalue weighted by Crippen LogP contribution is -2.31. The summed E-state index contributed by atoms with van der Waals surface area (Å²) in [7, 11) is 0. The van der Waals surface area contributed by atoms with Crippen molar-refractivity contribution in [1.82, 2.24) is 5.32 Å². The third kappa shape index (κ3) is 3.23. The molecule has 0 saturated carbocycles. The summed E-state index contributed by atoms with van der Waals surface area (Å²) < 4.78 is 26.2. The summed E-state index contributed by atoms with van der Waals surface area (Å²) in [6.07, 6.45) is 0. The summed E-state index contributed by atoms with van der Waals surface area (Å²) in [6, 6.07) is 2.75. The van der Waals surface area contributed by atoms with Gasteiger partial charge in [0.25, 0.3) is 0 Å². The first-order valence-electron chi connectivity index (χ1n) is 4.68. The number of hydrogen-bond acceptors (Lipinski definition) is 3. The van der Waals surface area contributed by atoms with Crippen LogP contribution in [0.25, 0.3) is 0 Å². The van der Waals surface area contributed by atoms with Gasteiger partial charge >= 0.3 is 0 Å². The fourth-order valence-corrected chi connectivity index (χ4v) is 1.34. The van der Waals surface area contributed by atoms with Crippen LogP contribution in [0.1, 0.15) is 11.6 Å². The van der Waals surface area contributed by atoms with Crippen LogP contribution >= 0.6 is 0 Å². The second-order valence-electron chi connectivity index (χ2n) is 3.13. The van der Waals surface area contributed by atoms with E-state index < -0.39 is 17.7 Å². The van der Waals surface area contributed by atoms with Crippen molar-refractivity contribution in [2.45, 2.75) is 6.04 Å². The Morgan fingerprint density at radius 2 is 2.13 bits per heavy atom. The van der Waals surface area contributed by atoms with Crippen LogP contribution in [0.3, 0.4) is 0 Å². The molecule has 1 aromatic rings. The molecule has 0 bridgehead atoms. The van der Waals surface area contributed by atoms with Crippen molar-refractivity contribution in [3.8, 4) is 0 Å². The summed E-state index contributed by atoms with van der Waals surface area (Å²) >= 11 is 0. The first kappa shape index (κ1) is 12.0. The van der Waals surface area contributed by atoms with Crippen LogP contribution in [0.5, 0.6) is 0 Å². The van der Waals surface area contributed by atoms with Gasteiger partial charge in [-0.15, -0.1) is 0 Å². The van der Waals surface area contributed by atoms with Gasteiger partial charge in [0, 0.05) is 24.7 Å². The third-order valence-corrected chi connectivity index (χ3v) is 2.07. The lowest BCUT2D eigenvalue weighted by Gasteiger charge is -2.17. The summed E-state index contributed by atoms with van der Waals surface area (Å²) in [5.74, 6) is -1.01. The molecule has 1 rings (SSSR count). The molecule has 84 valence electrons. The standard InChI is InChI=1S/C10H14F2N2O/c11-7-1-2-9(12)8(5-7)10(6-13)14-3-4-15/h1-2,5,10,14-15H,3-4,6,13H2. The van der Waals surface area contributed by atoms with Gasteiger partial charge in [0.15, 0.2) is 0 Å². The van der Waals surface area contributed by atoms with Gasteiger partial charge in [-0.1, -0.05) is 0 Å². The Bertz CT molecular complexity index is 320. The topological polar surface area (TPSA) is 58.3 Å². The Balaban J connectivity index is 2.85. The van der Waals surface area contributed by atoms with Crippen molar-refractivity contribution in [2.75, 3.05) is 19.7 Å². The highest BCUT2D eigenvalue weighted by atomic mass is 19.1. The maximum absolute atomic E-state index is 13.3. The highest BCUT2D eigenvalue weighted by Crippen LogP contribution is 2.17. The Labute approximate surface area is 86.9 Å². The van der Waals surface area contributed by atoms with Gasteiger partial charge in [-0.25, -0.2) is 8.78 Å². The second kappa shape index (κ2) is 5.75. The maximum atomic E-state index is 13.3. The average Bonchev–Trinajstić information content (AvgIpc) is 2.24. The van der Waals surface area contributed by atoms with E-state index in [-0.39, 0.29) is 25.3 Å². The van der Waals surface area contributed by atoms with Crippen LogP contribution in [0.15, 0.2) is 18.2 Å². The normalized spacial score (nSPS) is 12.8. The molecule has 0 aliphatic heterocycles. The minimum Gasteiger partial charge on any atom is -0.395 e. The first-order valence-corrected chi connectivity index (χ1v) is 4.68. The van der Waals surface area contributed by atoms with Crippen molar-refractivity contribution in [3.05, 3.63) is 35.4 Å². The molecule has 15 heavy (non-hydrogen) atoms. The number of aliphatic hydroxyl groups is 1. The molecule has 0 amide bonds. The van der Waals surface area contributed by atoms with Crippen molar-refractivity contribution >= 4 is 0 Å². The average molecular weight is 216 g/mol. The van der Waals surface area contributed by atoms with Crippen LogP contribution in [0, 0.1) is 11.6 Å². The number of benzene rings is 1. The Hall–Kier alpha value is -1.04. The molecule has 0 fully saturated rings. The quantitative estimate of drug-likeness (QED) is 0.673. The van der Waals surface area contributed by atoms with Crippen LogP contribution in [-0.2, 0) is 0 Å². The number of rotatable bonds is 5. The van der Waals surface area contributed by atoms with E-state index in [1.165, 1.54) is 0 Å². The van der Waals surface area contributed by atoms with Crippen LogP contribution in [-0.4, -0.2) is 24.8 Å². The minimum atomic E-state index is -0.504. The molecule has 0 aromatic heterocycles. The van der Waals surface area contributed by atoms with Crippen molar-refractivity contribution < 1.29 is 13.9 Å². The Kier molecular flexibility index (Phi) is 4.61. The van der Waals surface area contributed by atoms with Crippen LogP contribution in [0.4, 0.5) is 8.78 Å². The van der Waals surface area contributed by atoms with Gasteiger partial charge in [-0.05, 0) is 18.2 Å². The lowest BCUT2D eigenvalue weighted by molar-refractivity contribution is 0.284. The van der Waals surface area contributed by atoms with Gasteiger partial charge in [-0.3, -0.25) is 0 Å². The van der Waals surface area contributed by atoms with Gasteiger partial charge in [-0.2, -0.15) is 0 Å². The zero-order valence-electron chi connectivity index (χ0n) is 8.21. The molecule has 0 heterocycles. The van der Waals surface area contributed by atoms with E-state index in [1.807, 2.05) is 0 Å². The van der Waals surface area contributed by atoms with E-state index in [4.69, 9.17) is 10.8 Å². The van der Waals surface area contributed by atoms with Crippen LogP contribution < -0.4 is 11.1 Å². The molecule has 1 aromatic carbocycles. The molecule has 0 saturated heterocycles. The zero-order chi connectivity index (χ0) is 11.3. The summed E-state index contributed by atoms with van der Waals surface area (Å²) in [5.41, 5.74) is 5.62. The second-order valence-corrected chi connectivity index (χ2v) is 3.13. The Morgan fingerprint density at radius 3 is 2.73 bits per heavy atom. The highest BCUT2D eigenvalue weighted by molar-refractivity contribution is 5.22. The van der Waals surface area contributed by atoms with Crippen LogP contribution in [0.2, 0.25) is 0 Å². The molecule has 1 atom stereocenters. The van der Waals surface area contributed by atoms with E-state index >= 15 is 0 Å². The highest BCUT2D eigenvalue weighted by Gasteiger charge is 2.14. The summed E-state index contributed by atoms with van der Waals surface area (Å²) in [4.78, 5) is 0. The van der Waals surface area contributed by atoms with Gasteiger partial charge in [0.2, 0.25) is 0 Å². The fraction of sp³-hybridized carbons (Fsp3) is 0.400. The molecule has 0 radical (unpaired) electrons. The SMILES string of the molecule is NCC(NCCO)c1cc(F)ccc1F. The van der Waals surface area contributed by atoms with Crippen molar-refractivity contribution in [1.29, 1.82) is 0 Å². The first-order chi connectivity index (χ1) is 7.19. The Morgan fingerprint density at radius 1 is 1.40 bits per heavy atom. The molecule has 1 unspecified atom stereocenters. The number of nitrogens with one attached hydrogen (secondary N) is 1. The van der Waals surface area contributed by atoms with E-state index in [0.29, 0.717) is 0 Å². The summed E-state index contributed by atoms with van der Waals surface area (Å²) in [6.45, 7) is 0.353. The molecule has 3 nitrogen and oxygen atoms in total. The number of hydrogen-bond donors (Lipinski definition) is 3. The molecular formula is C10H14F2N2O. The summed E-state index contributed by atoms with van der Waals surface area (Å²) in [5, 5.41) is 11.4. The molecular weight excluding hydrogens is 202 g/mol. The number of halogens is 2. The van der Waals surface area contributed by atoms with Gasteiger partial charge in [0.1, 0.15) is 11.6 Å². The molecule has 4 N–H and O–H groups in total. The third-order valence-electron chi connectivity index (χ3n) is 2.07. The molecule has 0 aliphatic rings. The molecule has 0 aliphatic carbocycles. The maximum Gasteiger partial charge on any atom is 0.128 e. The molecule has 5 heteroatoms. The number of nitrogens with two attached hydrogens (primary N) is 1. The van der Waals surface area contributed by atoms with Gasteiger partial charge in [0.05, 0.1) is 6.61 Å². The molecule has 0 spiro atoms. The van der Waals surface area contributed by atoms with E-state index in [2.05, 4.69) is 5.32 Å². The largest absolute Gasteiger partial charge is 0.395 e. The van der Waals surface area contributed by atoms with E-state index in [9.17, 15) is 8.78 Å². The zero-order valence-corrected chi connectivity index (χ0v) is 8.21. The monoisotopic (exact) mass is 216 g/mol.